The molecule has 23 heavy (non-hydrogen) atoms. The largest absolute Gasteiger partial charge is 1.00 e. The summed E-state index contributed by atoms with van der Waals surface area (Å²) in [5.74, 6) is 0. The van der Waals surface area contributed by atoms with Crippen molar-refractivity contribution in [1.82, 2.24) is 0 Å². The standard InChI is InChI=1S/C11H15NO4S.2Na.O3S/c1-11(2,3)12(13)8-9-6-4-5-7-10(9)17(14,15)16;;;1-4(2)3/h4,6-8,13H,1-3H3,(H,14,15,16);;;/q;2*+1;/p-1/b12-8+;;;. The van der Waals surface area contributed by atoms with E-state index in [9.17, 15) is 18.2 Å². The monoisotopic (exact) mass is 382 g/mol. The molecular weight excluding hydrogens is 368 g/mol. The average molecular weight is 382 g/mol. The summed E-state index contributed by atoms with van der Waals surface area (Å²) in [7, 11) is -7.69. The maximum Gasteiger partial charge on any atom is 1.00 e. The molecule has 0 unspecified atom stereocenters. The van der Waals surface area contributed by atoms with E-state index in [1.165, 1.54) is 18.3 Å². The molecule has 0 aliphatic carbocycles. The third-order valence-electron chi connectivity index (χ3n) is 2.08. The van der Waals surface area contributed by atoms with E-state index < -0.39 is 31.2 Å². The molecule has 0 bridgehead atoms. The third kappa shape index (κ3) is 12.3. The van der Waals surface area contributed by atoms with E-state index in [1.54, 1.807) is 20.8 Å². The molecule has 0 aromatic heterocycles. The zero-order valence-corrected chi connectivity index (χ0v) is 19.1. The van der Waals surface area contributed by atoms with Gasteiger partial charge >= 0.3 is 69.7 Å². The third-order valence-corrected chi connectivity index (χ3v) is 2.97. The van der Waals surface area contributed by atoms with Gasteiger partial charge < -0.3 is 4.55 Å². The summed E-state index contributed by atoms with van der Waals surface area (Å²) < 4.78 is 59.2. The van der Waals surface area contributed by atoms with Gasteiger partial charge in [-0.25, -0.2) is 0 Å². The average Bonchev–Trinajstić information content (AvgIpc) is 2.26. The first kappa shape index (κ1) is 28.0. The first-order valence-corrected chi connectivity index (χ1v) is 7.82. The number of nitrogens with zero attached hydrogens (tertiary/aromatic N) is 1. The van der Waals surface area contributed by atoms with E-state index in [1.807, 2.05) is 0 Å². The number of hydrogen-bond acceptors (Lipinski definition) is 7. The number of hydrogen-bond donors (Lipinski definition) is 1. The van der Waals surface area contributed by atoms with Gasteiger partial charge in [0.1, 0.15) is 0 Å². The first-order valence-electron chi connectivity index (χ1n) is 5.41. The molecule has 0 spiro atoms. The van der Waals surface area contributed by atoms with Crippen molar-refractivity contribution in [2.45, 2.75) is 31.2 Å². The summed E-state index contributed by atoms with van der Waals surface area (Å²) in [5, 5.41) is 9.70. The Balaban J connectivity index is -0.000000598. The maximum atomic E-state index is 11.0. The van der Waals surface area contributed by atoms with Gasteiger partial charge in [-0.1, -0.05) is 0 Å². The molecule has 1 rings (SSSR count). The van der Waals surface area contributed by atoms with Gasteiger partial charge in [-0.15, -0.1) is 12.6 Å². The summed E-state index contributed by atoms with van der Waals surface area (Å²) in [6.45, 7) is 5.22. The Morgan fingerprint density at radius 3 is 2.04 bits per heavy atom. The fourth-order valence-corrected chi connectivity index (χ4v) is 1.70. The number of rotatable bonds is 2. The molecule has 1 N–H and O–H groups in total. The van der Waals surface area contributed by atoms with Gasteiger partial charge in [0.15, 0.2) is 0 Å². The normalized spacial score (nSPS) is 11.2. The van der Waals surface area contributed by atoms with Crippen LogP contribution in [-0.4, -0.2) is 47.3 Å². The van der Waals surface area contributed by atoms with E-state index in [-0.39, 0.29) is 64.7 Å². The van der Waals surface area contributed by atoms with Crippen molar-refractivity contribution in [1.29, 1.82) is 0 Å². The predicted octanol–water partition coefficient (Wildman–Crippen LogP) is -5.99. The minimum atomic E-state index is -4.57. The van der Waals surface area contributed by atoms with E-state index in [0.717, 1.165) is 10.8 Å². The molecule has 8 nitrogen and oxygen atoms in total. The van der Waals surface area contributed by atoms with E-state index >= 15 is 0 Å². The Hall–Kier alpha value is 0.220. The molecule has 0 fully saturated rings. The molecule has 1 aromatic rings. The molecule has 0 amide bonds. The van der Waals surface area contributed by atoms with Gasteiger partial charge in [-0.3, -0.25) is 13.6 Å². The van der Waals surface area contributed by atoms with Gasteiger partial charge in [-0.2, -0.15) is 24.3 Å². The van der Waals surface area contributed by atoms with Gasteiger partial charge in [0.25, 0.3) is 0 Å². The predicted molar refractivity (Wildman–Crippen MR) is 69.9 cm³/mol. The van der Waals surface area contributed by atoms with E-state index in [2.05, 4.69) is 6.07 Å². The topological polar surface area (TPSA) is 132 Å². The molecular formula is C11H14NNa2O7S2+. The smallest absolute Gasteiger partial charge is 0.754 e. The Bertz CT molecular complexity index is 731. The molecule has 1 aromatic carbocycles. The van der Waals surface area contributed by atoms with Gasteiger partial charge in [0, 0.05) is 20.8 Å². The molecule has 0 aliphatic rings. The Kier molecular flexibility index (Phi) is 14.3. The molecule has 0 aliphatic heterocycles. The SMILES string of the molecule is CC(C)(C)/[N+](O)=C\c1cc[c-]cc1S(=O)(=O)[O-].O=S(=O)=O.[Na+].[Na+]. The van der Waals surface area contributed by atoms with Crippen LogP contribution in [0.4, 0.5) is 0 Å². The van der Waals surface area contributed by atoms with Crippen LogP contribution in [0.15, 0.2) is 23.1 Å². The van der Waals surface area contributed by atoms with E-state index in [0.29, 0.717) is 0 Å². The quantitative estimate of drug-likeness (QED) is 0.102. The molecule has 0 radical (unpaired) electrons. The minimum absolute atomic E-state index is 0. The second-order valence-corrected chi connectivity index (χ2v) is 6.52. The zero-order valence-electron chi connectivity index (χ0n) is 13.5. The fraction of sp³-hybridized carbons (Fsp3) is 0.364. The Morgan fingerprint density at radius 2 is 1.70 bits per heavy atom. The summed E-state index contributed by atoms with van der Waals surface area (Å²) in [6, 6.07) is 6.48. The fourth-order valence-electron chi connectivity index (χ4n) is 1.08. The Labute approximate surface area is 181 Å². The molecule has 0 saturated heterocycles. The second kappa shape index (κ2) is 11.7. The van der Waals surface area contributed by atoms with Crippen molar-refractivity contribution < 1.29 is 94.7 Å². The van der Waals surface area contributed by atoms with Crippen molar-refractivity contribution in [2.75, 3.05) is 0 Å². The van der Waals surface area contributed by atoms with Crippen LogP contribution in [0.25, 0.3) is 0 Å². The minimum Gasteiger partial charge on any atom is -0.754 e. The van der Waals surface area contributed by atoms with Crippen molar-refractivity contribution >= 4 is 26.9 Å². The summed E-state index contributed by atoms with van der Waals surface area (Å²) >= 11 is 0. The van der Waals surface area contributed by atoms with Crippen LogP contribution in [0, 0.1) is 6.07 Å². The van der Waals surface area contributed by atoms with Crippen LogP contribution in [0.2, 0.25) is 0 Å². The molecule has 0 atom stereocenters. The number of benzene rings is 1. The van der Waals surface area contributed by atoms with Crippen LogP contribution in [0.5, 0.6) is 0 Å². The molecule has 0 heterocycles. The summed E-state index contributed by atoms with van der Waals surface area (Å²) in [4.78, 5) is -0.400. The van der Waals surface area contributed by atoms with Crippen LogP contribution in [0.1, 0.15) is 26.3 Å². The van der Waals surface area contributed by atoms with Crippen LogP contribution >= 0.6 is 0 Å². The maximum absolute atomic E-state index is 11.0. The van der Waals surface area contributed by atoms with Crippen LogP contribution in [-0.2, 0) is 20.7 Å². The first-order chi connectivity index (χ1) is 9.35. The van der Waals surface area contributed by atoms with Crippen LogP contribution in [0.3, 0.4) is 0 Å². The van der Waals surface area contributed by atoms with Crippen LogP contribution < -0.4 is 59.1 Å². The molecule has 12 heteroatoms. The van der Waals surface area contributed by atoms with Crippen molar-refractivity contribution in [3.05, 3.63) is 29.8 Å². The van der Waals surface area contributed by atoms with E-state index in [4.69, 9.17) is 12.6 Å². The van der Waals surface area contributed by atoms with Gasteiger partial charge in [-0.05, 0) is 15.2 Å². The molecule has 0 saturated carbocycles. The second-order valence-electron chi connectivity index (χ2n) is 4.77. The molecule has 118 valence electrons. The summed E-state index contributed by atoms with van der Waals surface area (Å²) in [5.41, 5.74) is -0.458. The van der Waals surface area contributed by atoms with Crippen molar-refractivity contribution in [3.8, 4) is 0 Å². The zero-order chi connectivity index (χ0) is 16.8. The summed E-state index contributed by atoms with van der Waals surface area (Å²) in [6.07, 6.45) is 1.21. The van der Waals surface area contributed by atoms with Gasteiger partial charge in [0.05, 0.1) is 10.1 Å². The van der Waals surface area contributed by atoms with Crippen molar-refractivity contribution in [2.24, 2.45) is 0 Å². The Morgan fingerprint density at radius 1 is 1.26 bits per heavy atom. The number of hydroxylamine groups is 1. The van der Waals surface area contributed by atoms with Gasteiger partial charge in [0.2, 0.25) is 11.8 Å². The van der Waals surface area contributed by atoms with Crippen molar-refractivity contribution in [3.63, 3.8) is 0 Å².